The molecule has 0 aromatic carbocycles. The van der Waals surface area contributed by atoms with Gasteiger partial charge >= 0.3 is 0 Å². The van der Waals surface area contributed by atoms with Gasteiger partial charge in [0.25, 0.3) is 0 Å². The van der Waals surface area contributed by atoms with Crippen molar-refractivity contribution >= 4 is 0 Å². The number of nitrogens with zero attached hydrogens (tertiary/aromatic N) is 2. The fourth-order valence-electron chi connectivity index (χ4n) is 3.60. The molecule has 0 aliphatic carbocycles. The van der Waals surface area contributed by atoms with Crippen LogP contribution < -0.4 is 5.32 Å². The molecule has 2 aliphatic heterocycles. The summed E-state index contributed by atoms with van der Waals surface area (Å²) in [6.45, 7) is 13.7. The second kappa shape index (κ2) is 6.08. The minimum Gasteiger partial charge on any atom is -0.366 e. The number of ether oxygens (including phenoxy) is 1. The van der Waals surface area contributed by atoms with E-state index in [4.69, 9.17) is 4.74 Å². The molecule has 2 saturated heterocycles. The van der Waals surface area contributed by atoms with Gasteiger partial charge in [-0.25, -0.2) is 0 Å². The summed E-state index contributed by atoms with van der Waals surface area (Å²) in [5, 5.41) is 3.55. The molecule has 2 heterocycles. The molecular weight excluding hydrogens is 238 g/mol. The number of nitrogens with one attached hydrogen (secondary N) is 1. The molecule has 3 unspecified atom stereocenters. The van der Waals surface area contributed by atoms with E-state index in [1.54, 1.807) is 0 Å². The van der Waals surface area contributed by atoms with Crippen molar-refractivity contribution in [1.29, 1.82) is 0 Å². The van der Waals surface area contributed by atoms with Crippen molar-refractivity contribution in [2.45, 2.75) is 58.3 Å². The topological polar surface area (TPSA) is 27.7 Å². The molecule has 0 amide bonds. The maximum absolute atomic E-state index is 5.68. The molecule has 19 heavy (non-hydrogen) atoms. The highest BCUT2D eigenvalue weighted by atomic mass is 16.5. The highest BCUT2D eigenvalue weighted by molar-refractivity contribution is 4.96. The summed E-state index contributed by atoms with van der Waals surface area (Å²) < 4.78 is 5.68. The molecule has 0 aromatic heterocycles. The lowest BCUT2D eigenvalue weighted by Crippen LogP contribution is -2.66. The number of methoxy groups -OCH3 is 1. The molecule has 1 N–H and O–H groups in total. The Morgan fingerprint density at radius 2 is 2.05 bits per heavy atom. The van der Waals surface area contributed by atoms with E-state index in [2.05, 4.69) is 42.8 Å². The molecule has 0 saturated carbocycles. The Labute approximate surface area is 118 Å². The van der Waals surface area contributed by atoms with Gasteiger partial charge in [0, 0.05) is 37.7 Å². The Balaban J connectivity index is 2.09. The standard InChI is InChI=1S/C15H31N3O/c1-6-8-17-11-16-14(19-5)12-10-18(15(2,3)4)9-7-13(12)17/h12-14,16H,6-11H2,1-5H3. The van der Waals surface area contributed by atoms with Crippen LogP contribution in [-0.2, 0) is 4.74 Å². The van der Waals surface area contributed by atoms with E-state index in [1.165, 1.54) is 25.9 Å². The molecule has 4 nitrogen and oxygen atoms in total. The van der Waals surface area contributed by atoms with Crippen LogP contribution in [0.3, 0.4) is 0 Å². The summed E-state index contributed by atoms with van der Waals surface area (Å²) in [5.41, 5.74) is 0.260. The van der Waals surface area contributed by atoms with Gasteiger partial charge in [-0.15, -0.1) is 0 Å². The molecule has 0 bridgehead atoms. The molecule has 2 aliphatic rings. The van der Waals surface area contributed by atoms with E-state index in [0.29, 0.717) is 12.0 Å². The maximum atomic E-state index is 5.68. The zero-order valence-electron chi connectivity index (χ0n) is 13.3. The highest BCUT2D eigenvalue weighted by Gasteiger charge is 2.43. The van der Waals surface area contributed by atoms with Crippen molar-refractivity contribution in [2.24, 2.45) is 5.92 Å². The summed E-state index contributed by atoms with van der Waals surface area (Å²) in [4.78, 5) is 5.22. The van der Waals surface area contributed by atoms with Crippen LogP contribution in [0.2, 0.25) is 0 Å². The van der Waals surface area contributed by atoms with Crippen molar-refractivity contribution in [3.63, 3.8) is 0 Å². The Morgan fingerprint density at radius 3 is 2.63 bits per heavy atom. The van der Waals surface area contributed by atoms with E-state index in [0.717, 1.165) is 13.2 Å². The number of rotatable bonds is 3. The molecule has 0 aromatic rings. The summed E-state index contributed by atoms with van der Waals surface area (Å²) >= 11 is 0. The van der Waals surface area contributed by atoms with Crippen LogP contribution in [0.25, 0.3) is 0 Å². The van der Waals surface area contributed by atoms with E-state index in [9.17, 15) is 0 Å². The van der Waals surface area contributed by atoms with Crippen molar-refractivity contribution in [2.75, 3.05) is 33.4 Å². The monoisotopic (exact) mass is 269 g/mol. The third-order valence-corrected chi connectivity index (χ3v) is 4.69. The average molecular weight is 269 g/mol. The van der Waals surface area contributed by atoms with Crippen LogP contribution in [0.4, 0.5) is 0 Å². The Bertz CT molecular complexity index is 290. The number of hydrogen-bond acceptors (Lipinski definition) is 4. The quantitative estimate of drug-likeness (QED) is 0.844. The summed E-state index contributed by atoms with van der Waals surface area (Å²) in [5.74, 6) is 0.582. The van der Waals surface area contributed by atoms with Gasteiger partial charge in [-0.1, -0.05) is 6.92 Å². The SMILES string of the molecule is CCCN1CNC(OC)C2CN(C(C)(C)C)CCC21. The smallest absolute Gasteiger partial charge is 0.114 e. The number of fused-ring (bicyclic) bond motifs is 1. The fourth-order valence-corrected chi connectivity index (χ4v) is 3.60. The van der Waals surface area contributed by atoms with Crippen molar-refractivity contribution in [1.82, 2.24) is 15.1 Å². The highest BCUT2D eigenvalue weighted by Crippen LogP contribution is 2.31. The lowest BCUT2D eigenvalue weighted by Gasteiger charge is -2.53. The van der Waals surface area contributed by atoms with E-state index in [-0.39, 0.29) is 11.8 Å². The third kappa shape index (κ3) is 3.30. The fraction of sp³-hybridized carbons (Fsp3) is 1.00. The predicted octanol–water partition coefficient (Wildman–Crippen LogP) is 1.72. The van der Waals surface area contributed by atoms with E-state index < -0.39 is 0 Å². The maximum Gasteiger partial charge on any atom is 0.114 e. The first-order chi connectivity index (χ1) is 8.97. The van der Waals surface area contributed by atoms with E-state index >= 15 is 0 Å². The van der Waals surface area contributed by atoms with Gasteiger partial charge in [0.05, 0.1) is 6.67 Å². The van der Waals surface area contributed by atoms with Gasteiger partial charge in [0.2, 0.25) is 0 Å². The van der Waals surface area contributed by atoms with Crippen LogP contribution in [0.5, 0.6) is 0 Å². The molecule has 4 heteroatoms. The molecular formula is C15H31N3O. The number of hydrogen-bond donors (Lipinski definition) is 1. The predicted molar refractivity (Wildman–Crippen MR) is 79.0 cm³/mol. The Kier molecular flexibility index (Phi) is 4.88. The number of piperidine rings is 1. The van der Waals surface area contributed by atoms with Crippen LogP contribution in [0.15, 0.2) is 0 Å². The molecule has 2 fully saturated rings. The molecule has 0 radical (unpaired) electrons. The van der Waals surface area contributed by atoms with Crippen LogP contribution in [0, 0.1) is 5.92 Å². The Morgan fingerprint density at radius 1 is 1.32 bits per heavy atom. The van der Waals surface area contributed by atoms with E-state index in [1.807, 2.05) is 7.11 Å². The van der Waals surface area contributed by atoms with Crippen molar-refractivity contribution in [3.05, 3.63) is 0 Å². The lowest BCUT2D eigenvalue weighted by atomic mass is 9.85. The molecule has 112 valence electrons. The third-order valence-electron chi connectivity index (χ3n) is 4.69. The first-order valence-corrected chi connectivity index (χ1v) is 7.72. The molecule has 0 spiro atoms. The van der Waals surface area contributed by atoms with Crippen molar-refractivity contribution in [3.8, 4) is 0 Å². The first-order valence-electron chi connectivity index (χ1n) is 7.72. The zero-order chi connectivity index (χ0) is 14.0. The largest absolute Gasteiger partial charge is 0.366 e. The van der Waals surface area contributed by atoms with Crippen LogP contribution >= 0.6 is 0 Å². The normalized spacial score (nSPS) is 34.3. The summed E-state index contributed by atoms with van der Waals surface area (Å²) in [6.07, 6.45) is 2.71. The van der Waals surface area contributed by atoms with Crippen LogP contribution in [0.1, 0.15) is 40.5 Å². The van der Waals surface area contributed by atoms with Gasteiger partial charge in [-0.3, -0.25) is 15.1 Å². The molecule has 2 rings (SSSR count). The van der Waals surface area contributed by atoms with Gasteiger partial charge in [-0.2, -0.15) is 0 Å². The minimum atomic E-state index is 0.211. The van der Waals surface area contributed by atoms with Gasteiger partial charge in [-0.05, 0) is 40.2 Å². The number of likely N-dealkylation sites (tertiary alicyclic amines) is 1. The second-order valence-electron chi connectivity index (χ2n) is 6.97. The van der Waals surface area contributed by atoms with Gasteiger partial charge in [0.1, 0.15) is 6.23 Å². The van der Waals surface area contributed by atoms with Gasteiger partial charge in [0.15, 0.2) is 0 Å². The zero-order valence-corrected chi connectivity index (χ0v) is 13.3. The minimum absolute atomic E-state index is 0.211. The molecule has 3 atom stereocenters. The Hall–Kier alpha value is -0.160. The van der Waals surface area contributed by atoms with Crippen LogP contribution in [-0.4, -0.2) is 61.0 Å². The lowest BCUT2D eigenvalue weighted by molar-refractivity contribution is -0.104. The second-order valence-corrected chi connectivity index (χ2v) is 6.97. The first kappa shape index (κ1) is 15.2. The average Bonchev–Trinajstić information content (AvgIpc) is 2.37. The van der Waals surface area contributed by atoms with Gasteiger partial charge < -0.3 is 4.74 Å². The van der Waals surface area contributed by atoms with Crippen molar-refractivity contribution < 1.29 is 4.74 Å². The summed E-state index contributed by atoms with van der Waals surface area (Å²) in [6, 6.07) is 0.685. The summed E-state index contributed by atoms with van der Waals surface area (Å²) in [7, 11) is 1.83.